The summed E-state index contributed by atoms with van der Waals surface area (Å²) >= 11 is 0. The SMILES string of the molecule is CC(C)(C)C1CN(CCCF)C2(CCCC2)CN1. The first-order chi connectivity index (χ1) is 8.48. The molecule has 2 nitrogen and oxygen atoms in total. The van der Waals surface area contributed by atoms with Crippen LogP contribution in [0.2, 0.25) is 0 Å². The summed E-state index contributed by atoms with van der Waals surface area (Å²) in [5, 5.41) is 3.76. The standard InChI is InChI=1S/C15H29FN2/c1-14(2,3)13-11-18(10-6-9-16)15(12-17-13)7-4-5-8-15/h13,17H,4-12H2,1-3H3. The largest absolute Gasteiger partial charge is 0.310 e. The number of piperazine rings is 1. The predicted octanol–water partition coefficient (Wildman–Crippen LogP) is 2.98. The highest BCUT2D eigenvalue weighted by atomic mass is 19.1. The zero-order valence-electron chi connectivity index (χ0n) is 12.3. The molecule has 1 unspecified atom stereocenters. The van der Waals surface area contributed by atoms with Crippen molar-refractivity contribution in [2.24, 2.45) is 5.41 Å². The van der Waals surface area contributed by atoms with Crippen molar-refractivity contribution in [2.45, 2.75) is 64.5 Å². The molecule has 0 radical (unpaired) electrons. The molecule has 2 fully saturated rings. The summed E-state index contributed by atoms with van der Waals surface area (Å²) in [5.74, 6) is 0. The van der Waals surface area contributed by atoms with Gasteiger partial charge in [0, 0.05) is 31.2 Å². The fraction of sp³-hybridized carbons (Fsp3) is 1.00. The smallest absolute Gasteiger partial charge is 0.0906 e. The van der Waals surface area contributed by atoms with E-state index in [0.29, 0.717) is 18.0 Å². The van der Waals surface area contributed by atoms with Crippen molar-refractivity contribution >= 4 is 0 Å². The molecular formula is C15H29FN2. The molecule has 1 spiro atoms. The molecule has 0 amide bonds. The van der Waals surface area contributed by atoms with Crippen molar-refractivity contribution in [1.29, 1.82) is 0 Å². The zero-order valence-corrected chi connectivity index (χ0v) is 12.3. The van der Waals surface area contributed by atoms with Crippen LogP contribution in [0.25, 0.3) is 0 Å². The molecule has 1 aliphatic heterocycles. The lowest BCUT2D eigenvalue weighted by Gasteiger charge is -2.51. The van der Waals surface area contributed by atoms with E-state index in [2.05, 4.69) is 31.0 Å². The van der Waals surface area contributed by atoms with Crippen LogP contribution in [0, 0.1) is 5.41 Å². The summed E-state index contributed by atoms with van der Waals surface area (Å²) in [7, 11) is 0. The third kappa shape index (κ3) is 2.88. The summed E-state index contributed by atoms with van der Waals surface area (Å²) in [6.45, 7) is 9.83. The minimum Gasteiger partial charge on any atom is -0.310 e. The van der Waals surface area contributed by atoms with E-state index in [1.54, 1.807) is 0 Å². The van der Waals surface area contributed by atoms with Crippen LogP contribution in [0.15, 0.2) is 0 Å². The molecule has 1 saturated carbocycles. The fourth-order valence-electron chi connectivity index (χ4n) is 3.59. The number of hydrogen-bond donors (Lipinski definition) is 1. The van der Waals surface area contributed by atoms with Gasteiger partial charge in [0.05, 0.1) is 6.67 Å². The van der Waals surface area contributed by atoms with Gasteiger partial charge in [-0.3, -0.25) is 9.29 Å². The van der Waals surface area contributed by atoms with Crippen LogP contribution >= 0.6 is 0 Å². The minimum absolute atomic E-state index is 0.180. The summed E-state index contributed by atoms with van der Waals surface area (Å²) in [6.07, 6.45) is 5.97. The molecule has 1 saturated heterocycles. The number of rotatable bonds is 3. The maximum Gasteiger partial charge on any atom is 0.0906 e. The van der Waals surface area contributed by atoms with Gasteiger partial charge in [0.1, 0.15) is 0 Å². The highest BCUT2D eigenvalue weighted by molar-refractivity contribution is 5.03. The minimum atomic E-state index is -0.180. The van der Waals surface area contributed by atoms with Crippen LogP contribution in [0.4, 0.5) is 4.39 Å². The molecule has 0 aromatic rings. The monoisotopic (exact) mass is 256 g/mol. The van der Waals surface area contributed by atoms with E-state index in [-0.39, 0.29) is 12.1 Å². The van der Waals surface area contributed by atoms with Crippen LogP contribution in [0.3, 0.4) is 0 Å². The van der Waals surface area contributed by atoms with E-state index in [0.717, 1.165) is 19.6 Å². The second-order valence-electron chi connectivity index (χ2n) is 7.22. The number of nitrogens with zero attached hydrogens (tertiary/aromatic N) is 1. The van der Waals surface area contributed by atoms with Gasteiger partial charge in [-0.05, 0) is 24.7 Å². The molecule has 0 aromatic carbocycles. The number of halogens is 1. The van der Waals surface area contributed by atoms with Gasteiger partial charge in [-0.2, -0.15) is 0 Å². The molecule has 1 N–H and O–H groups in total. The number of nitrogens with one attached hydrogen (secondary N) is 1. The Balaban J connectivity index is 2.05. The van der Waals surface area contributed by atoms with E-state index in [1.807, 2.05) is 0 Å². The summed E-state index contributed by atoms with van der Waals surface area (Å²) < 4.78 is 12.5. The van der Waals surface area contributed by atoms with Crippen LogP contribution in [0.5, 0.6) is 0 Å². The summed E-state index contributed by atoms with van der Waals surface area (Å²) in [5.41, 5.74) is 0.630. The second kappa shape index (κ2) is 5.46. The van der Waals surface area contributed by atoms with Crippen molar-refractivity contribution < 1.29 is 4.39 Å². The van der Waals surface area contributed by atoms with Crippen molar-refractivity contribution in [3.05, 3.63) is 0 Å². The fourth-order valence-corrected chi connectivity index (χ4v) is 3.59. The molecule has 1 heterocycles. The predicted molar refractivity (Wildman–Crippen MR) is 74.6 cm³/mol. The van der Waals surface area contributed by atoms with Gasteiger partial charge >= 0.3 is 0 Å². The summed E-state index contributed by atoms with van der Waals surface area (Å²) in [6, 6.07) is 0.531. The Kier molecular flexibility index (Phi) is 4.32. The Hall–Kier alpha value is -0.150. The Morgan fingerprint density at radius 3 is 2.50 bits per heavy atom. The van der Waals surface area contributed by atoms with Crippen LogP contribution in [0.1, 0.15) is 52.9 Å². The Morgan fingerprint density at radius 1 is 1.28 bits per heavy atom. The van der Waals surface area contributed by atoms with Gasteiger partial charge in [-0.25, -0.2) is 0 Å². The van der Waals surface area contributed by atoms with Crippen molar-refractivity contribution in [3.8, 4) is 0 Å². The lowest BCUT2D eigenvalue weighted by molar-refractivity contribution is 0.0153. The van der Waals surface area contributed by atoms with Gasteiger partial charge < -0.3 is 5.32 Å². The van der Waals surface area contributed by atoms with E-state index in [9.17, 15) is 4.39 Å². The third-order valence-corrected chi connectivity index (χ3v) is 4.89. The summed E-state index contributed by atoms with van der Waals surface area (Å²) in [4.78, 5) is 2.60. The van der Waals surface area contributed by atoms with E-state index in [4.69, 9.17) is 0 Å². The van der Waals surface area contributed by atoms with Crippen molar-refractivity contribution in [1.82, 2.24) is 10.2 Å². The molecule has 2 aliphatic rings. The van der Waals surface area contributed by atoms with Crippen molar-refractivity contribution in [2.75, 3.05) is 26.3 Å². The van der Waals surface area contributed by atoms with Gasteiger partial charge in [-0.1, -0.05) is 33.6 Å². The number of hydrogen-bond acceptors (Lipinski definition) is 2. The highest BCUT2D eigenvalue weighted by Gasteiger charge is 2.45. The van der Waals surface area contributed by atoms with Gasteiger partial charge in [0.25, 0.3) is 0 Å². The molecule has 106 valence electrons. The third-order valence-electron chi connectivity index (χ3n) is 4.89. The van der Waals surface area contributed by atoms with Crippen LogP contribution in [-0.2, 0) is 0 Å². The molecule has 0 bridgehead atoms. The first-order valence-corrected chi connectivity index (χ1v) is 7.52. The van der Waals surface area contributed by atoms with E-state index in [1.165, 1.54) is 25.7 Å². The Bertz CT molecular complexity index is 266. The molecular weight excluding hydrogens is 227 g/mol. The molecule has 1 aliphatic carbocycles. The van der Waals surface area contributed by atoms with Gasteiger partial charge in [0.15, 0.2) is 0 Å². The first-order valence-electron chi connectivity index (χ1n) is 7.52. The van der Waals surface area contributed by atoms with E-state index < -0.39 is 0 Å². The molecule has 3 heteroatoms. The van der Waals surface area contributed by atoms with Crippen molar-refractivity contribution in [3.63, 3.8) is 0 Å². The Labute approximate surface area is 111 Å². The lowest BCUT2D eigenvalue weighted by atomic mass is 9.81. The normalized spacial score (nSPS) is 29.0. The topological polar surface area (TPSA) is 15.3 Å². The average molecular weight is 256 g/mol. The average Bonchev–Trinajstić information content (AvgIpc) is 2.76. The first kappa shape index (κ1) is 14.3. The Morgan fingerprint density at radius 2 is 1.94 bits per heavy atom. The molecule has 1 atom stereocenters. The van der Waals surface area contributed by atoms with E-state index >= 15 is 0 Å². The second-order valence-corrected chi connectivity index (χ2v) is 7.22. The van der Waals surface area contributed by atoms with Crippen LogP contribution < -0.4 is 5.32 Å². The molecule has 18 heavy (non-hydrogen) atoms. The van der Waals surface area contributed by atoms with Gasteiger partial charge in [0.2, 0.25) is 0 Å². The lowest BCUT2D eigenvalue weighted by Crippen LogP contribution is -2.66. The molecule has 0 aromatic heterocycles. The molecule has 2 rings (SSSR count). The number of alkyl halides is 1. The highest BCUT2D eigenvalue weighted by Crippen LogP contribution is 2.38. The maximum absolute atomic E-state index is 12.5. The van der Waals surface area contributed by atoms with Gasteiger partial charge in [-0.15, -0.1) is 0 Å². The maximum atomic E-state index is 12.5. The van der Waals surface area contributed by atoms with Crippen LogP contribution in [-0.4, -0.2) is 42.8 Å². The quantitative estimate of drug-likeness (QED) is 0.835. The zero-order chi connectivity index (χ0) is 13.2.